The molecule has 4 rings (SSSR count). The van der Waals surface area contributed by atoms with Crippen molar-refractivity contribution < 1.29 is 0 Å². The van der Waals surface area contributed by atoms with Crippen LogP contribution in [-0.4, -0.2) is 9.35 Å². The van der Waals surface area contributed by atoms with Gasteiger partial charge in [0.1, 0.15) is 28.3 Å². The molecule has 0 amide bonds. The lowest BCUT2D eigenvalue weighted by molar-refractivity contribution is 0.470. The van der Waals surface area contributed by atoms with E-state index in [-0.39, 0.29) is 5.16 Å². The Morgan fingerprint density at radius 1 is 0.643 bits per heavy atom. The van der Waals surface area contributed by atoms with Crippen LogP contribution >= 0.6 is 19.5 Å². The largest absolute Gasteiger partial charge is 0.429 e. The molecule has 1 aliphatic rings. The Bertz CT molecular complexity index is 820. The predicted molar refractivity (Wildman–Crippen MR) is 131 cm³/mol. The van der Waals surface area contributed by atoms with Crippen molar-refractivity contribution in [3.8, 4) is 0 Å². The van der Waals surface area contributed by atoms with E-state index in [0.717, 1.165) is 17.0 Å². The summed E-state index contributed by atoms with van der Waals surface area (Å²) >= 11 is 11.8. The first-order chi connectivity index (χ1) is 13.7. The van der Waals surface area contributed by atoms with Gasteiger partial charge in [0.25, 0.3) is 0 Å². The van der Waals surface area contributed by atoms with Gasteiger partial charge in [-0.05, 0) is 62.1 Å². The highest BCUT2D eigenvalue weighted by molar-refractivity contribution is 8.06. The lowest BCUT2D eigenvalue weighted by Crippen LogP contribution is -2.52. The summed E-state index contributed by atoms with van der Waals surface area (Å²) in [5.74, 6) is 0. The van der Waals surface area contributed by atoms with Gasteiger partial charge in [-0.15, -0.1) is 4.20 Å². The maximum Gasteiger partial charge on any atom is 0.120 e. The molecular formula is C25H25PS2. The van der Waals surface area contributed by atoms with Crippen LogP contribution in [0.25, 0.3) is 0 Å². The molecule has 0 saturated heterocycles. The topological polar surface area (TPSA) is 0 Å². The lowest BCUT2D eigenvalue weighted by atomic mass is 9.89. The molecular weight excluding hydrogens is 395 g/mol. The maximum atomic E-state index is 5.92. The minimum Gasteiger partial charge on any atom is -0.429 e. The highest BCUT2D eigenvalue weighted by Crippen LogP contribution is 2.70. The summed E-state index contributed by atoms with van der Waals surface area (Å²) in [5.41, 5.74) is 0. The van der Waals surface area contributed by atoms with Gasteiger partial charge >= 0.3 is 0 Å². The number of rotatable bonds is 5. The fourth-order valence-electron chi connectivity index (χ4n) is 4.96. The Labute approximate surface area is 180 Å². The molecule has 0 nitrogen and oxygen atoms in total. The third kappa shape index (κ3) is 3.12. The van der Waals surface area contributed by atoms with Crippen molar-refractivity contribution >= 4 is 52.2 Å². The zero-order chi connectivity index (χ0) is 19.5. The lowest BCUT2D eigenvalue weighted by Gasteiger charge is -2.49. The number of benzene rings is 3. The summed E-state index contributed by atoms with van der Waals surface area (Å²) in [7, 11) is -2.06. The third-order valence-electron chi connectivity index (χ3n) is 6.13. The van der Waals surface area contributed by atoms with Gasteiger partial charge < -0.3 is 24.8 Å². The maximum absolute atomic E-state index is 5.92. The molecule has 142 valence electrons. The van der Waals surface area contributed by atoms with Crippen LogP contribution in [0.3, 0.4) is 0 Å². The van der Waals surface area contributed by atoms with Crippen LogP contribution in [-0.2, 0) is 12.6 Å². The van der Waals surface area contributed by atoms with Crippen LogP contribution in [0.4, 0.5) is 0 Å². The molecule has 1 aliphatic carbocycles. The van der Waals surface area contributed by atoms with Gasteiger partial charge in [0.05, 0.1) is 0 Å². The van der Waals surface area contributed by atoms with Gasteiger partial charge in [0.2, 0.25) is 0 Å². The molecule has 1 fully saturated rings. The summed E-state index contributed by atoms with van der Waals surface area (Å²) in [6.07, 6.45) is 5.84. The summed E-state index contributed by atoms with van der Waals surface area (Å²) in [4.78, 5) is 0. The molecule has 0 aromatic heterocycles. The fourth-order valence-corrected chi connectivity index (χ4v) is 11.7. The highest BCUT2D eigenvalue weighted by Gasteiger charge is 2.61. The Balaban J connectivity index is 2.14. The standard InChI is InChI=1S/C25H25PS2/c27-24(28)25(19-11-4-12-20-25)26(21-13-5-1-6-14-21,22-15-7-2-8-16-22)23-17-9-3-10-18-23/h1-3,5-10,13-18H,4,11-12,19-20H2. The minimum atomic E-state index is -2.06. The summed E-state index contributed by atoms with van der Waals surface area (Å²) < 4.78 is 0.775. The van der Waals surface area contributed by atoms with Crippen molar-refractivity contribution in [3.63, 3.8) is 0 Å². The molecule has 0 aliphatic heterocycles. The van der Waals surface area contributed by atoms with E-state index in [4.69, 9.17) is 24.8 Å². The minimum absolute atomic E-state index is 0.139. The van der Waals surface area contributed by atoms with Crippen LogP contribution in [0.15, 0.2) is 91.0 Å². The smallest absolute Gasteiger partial charge is 0.120 e. The molecule has 0 bridgehead atoms. The second kappa shape index (κ2) is 8.41. The van der Waals surface area contributed by atoms with Gasteiger partial charge in [-0.2, -0.15) is 0 Å². The van der Waals surface area contributed by atoms with Crippen LogP contribution in [0, 0.1) is 0 Å². The van der Waals surface area contributed by atoms with Crippen molar-refractivity contribution in [3.05, 3.63) is 91.0 Å². The third-order valence-corrected chi connectivity index (χ3v) is 12.4. The highest BCUT2D eigenvalue weighted by atomic mass is 32.1. The predicted octanol–water partition coefficient (Wildman–Crippen LogP) is 5.56. The van der Waals surface area contributed by atoms with Crippen LogP contribution in [0.2, 0.25) is 0 Å². The van der Waals surface area contributed by atoms with E-state index >= 15 is 0 Å². The SMILES string of the molecule is S=C([S-])C1([P+](c2ccccc2)(c2ccccc2)c2ccccc2)CCCCC1. The molecule has 0 radical (unpaired) electrons. The van der Waals surface area contributed by atoms with E-state index in [0.29, 0.717) is 0 Å². The van der Waals surface area contributed by atoms with E-state index in [9.17, 15) is 0 Å². The van der Waals surface area contributed by atoms with Gasteiger partial charge in [-0.3, -0.25) is 0 Å². The first-order valence-corrected chi connectivity index (χ1v) is 12.6. The van der Waals surface area contributed by atoms with Crippen molar-refractivity contribution in [2.75, 3.05) is 0 Å². The molecule has 0 spiro atoms. The average Bonchev–Trinajstić information content (AvgIpc) is 2.77. The first kappa shape index (κ1) is 19.7. The monoisotopic (exact) mass is 420 g/mol. The zero-order valence-electron chi connectivity index (χ0n) is 16.0. The van der Waals surface area contributed by atoms with E-state index < -0.39 is 7.26 Å². The first-order valence-electron chi connectivity index (χ1n) is 9.99. The van der Waals surface area contributed by atoms with Gasteiger partial charge in [-0.25, -0.2) is 0 Å². The van der Waals surface area contributed by atoms with E-state index in [1.807, 2.05) is 0 Å². The second-order valence-corrected chi connectivity index (χ2v) is 12.4. The second-order valence-electron chi connectivity index (χ2n) is 7.56. The Morgan fingerprint density at radius 2 is 1.00 bits per heavy atom. The summed E-state index contributed by atoms with van der Waals surface area (Å²) in [6.45, 7) is 0. The number of hydrogen-bond donors (Lipinski definition) is 0. The molecule has 3 heteroatoms. The molecule has 0 unspecified atom stereocenters. The molecule has 1 saturated carbocycles. The summed E-state index contributed by atoms with van der Waals surface area (Å²) in [5, 5.41) is 4.03. The molecule has 3 aromatic rings. The zero-order valence-corrected chi connectivity index (χ0v) is 18.5. The van der Waals surface area contributed by atoms with E-state index in [2.05, 4.69) is 91.0 Å². The van der Waals surface area contributed by atoms with Crippen molar-refractivity contribution in [1.29, 1.82) is 0 Å². The van der Waals surface area contributed by atoms with Gasteiger partial charge in [0.15, 0.2) is 0 Å². The average molecular weight is 421 g/mol. The number of hydrogen-bond acceptors (Lipinski definition) is 2. The van der Waals surface area contributed by atoms with E-state index in [1.165, 1.54) is 35.2 Å². The Hall–Kier alpha value is -1.60. The van der Waals surface area contributed by atoms with Crippen molar-refractivity contribution in [1.82, 2.24) is 0 Å². The molecule has 28 heavy (non-hydrogen) atoms. The van der Waals surface area contributed by atoms with Crippen molar-refractivity contribution in [2.24, 2.45) is 0 Å². The van der Waals surface area contributed by atoms with Crippen molar-refractivity contribution in [2.45, 2.75) is 37.3 Å². The van der Waals surface area contributed by atoms with Gasteiger partial charge in [-0.1, -0.05) is 61.0 Å². The number of thiocarbonyl (C=S) groups is 1. The summed E-state index contributed by atoms with van der Waals surface area (Å²) in [6, 6.07) is 33.1. The van der Waals surface area contributed by atoms with E-state index in [1.54, 1.807) is 0 Å². The van der Waals surface area contributed by atoms with Crippen LogP contribution in [0.1, 0.15) is 32.1 Å². The quantitative estimate of drug-likeness (QED) is 0.301. The molecule has 0 heterocycles. The Morgan fingerprint density at radius 3 is 1.32 bits per heavy atom. The Kier molecular flexibility index (Phi) is 5.92. The molecule has 3 aromatic carbocycles. The van der Waals surface area contributed by atoms with Crippen LogP contribution < -0.4 is 15.9 Å². The fraction of sp³-hybridized carbons (Fsp3) is 0.240. The van der Waals surface area contributed by atoms with Crippen LogP contribution in [0.5, 0.6) is 0 Å². The molecule has 0 atom stereocenters. The molecule has 0 N–H and O–H groups in total. The normalized spacial score (nSPS) is 16.4. The van der Waals surface area contributed by atoms with Gasteiger partial charge in [0, 0.05) is 0 Å².